The molecule has 0 aliphatic heterocycles. The average molecular weight is 385 g/mol. The summed E-state index contributed by atoms with van der Waals surface area (Å²) in [4.78, 5) is 25.5. The molecule has 142 valence electrons. The zero-order chi connectivity index (χ0) is 19.6. The van der Waals surface area contributed by atoms with E-state index < -0.39 is 6.04 Å². The van der Waals surface area contributed by atoms with Gasteiger partial charge in [0.2, 0.25) is 5.91 Å². The van der Waals surface area contributed by atoms with Crippen LogP contribution in [0, 0.1) is 17.2 Å². The molecule has 2 N–H and O–H groups in total. The number of carbonyl (C=O) groups is 2. The maximum absolute atomic E-state index is 12.7. The summed E-state index contributed by atoms with van der Waals surface area (Å²) < 4.78 is 5.58. The van der Waals surface area contributed by atoms with Crippen molar-refractivity contribution in [3.05, 3.63) is 46.7 Å². The molecule has 2 aromatic rings. The number of carbonyl (C=O) groups excluding carboxylic acids is 2. The van der Waals surface area contributed by atoms with Crippen molar-refractivity contribution in [3.8, 4) is 11.8 Å². The van der Waals surface area contributed by atoms with Crippen LogP contribution in [0.1, 0.15) is 36.4 Å². The maximum atomic E-state index is 12.7. The van der Waals surface area contributed by atoms with Gasteiger partial charge in [-0.25, -0.2) is 0 Å². The number of nitriles is 1. The van der Waals surface area contributed by atoms with Gasteiger partial charge in [-0.15, -0.1) is 11.3 Å². The highest BCUT2D eigenvalue weighted by Gasteiger charge is 2.25. The van der Waals surface area contributed by atoms with E-state index >= 15 is 0 Å². The fraction of sp³-hybridized carbons (Fsp3) is 0.350. The van der Waals surface area contributed by atoms with Gasteiger partial charge in [0, 0.05) is 18.2 Å². The summed E-state index contributed by atoms with van der Waals surface area (Å²) >= 11 is 1.33. The minimum atomic E-state index is -0.653. The molecule has 0 aliphatic rings. The molecule has 2 rings (SSSR count). The Kier molecular flexibility index (Phi) is 7.83. The van der Waals surface area contributed by atoms with Crippen molar-refractivity contribution in [1.29, 1.82) is 5.26 Å². The predicted octanol–water partition coefficient (Wildman–Crippen LogP) is 3.82. The van der Waals surface area contributed by atoms with Crippen LogP contribution in [0.15, 0.2) is 41.8 Å². The minimum absolute atomic E-state index is 0.0701. The van der Waals surface area contributed by atoms with Gasteiger partial charge in [0.25, 0.3) is 5.91 Å². The normalized spacial score (nSPS) is 11.5. The van der Waals surface area contributed by atoms with Gasteiger partial charge in [-0.05, 0) is 35.9 Å². The van der Waals surface area contributed by atoms with Crippen LogP contribution in [-0.2, 0) is 4.79 Å². The molecule has 0 spiro atoms. The molecule has 1 unspecified atom stereocenters. The smallest absolute Gasteiger partial charge is 0.262 e. The van der Waals surface area contributed by atoms with Crippen LogP contribution in [0.2, 0.25) is 0 Å². The third-order valence-corrected chi connectivity index (χ3v) is 4.65. The largest absolute Gasteiger partial charge is 0.493 e. The lowest BCUT2D eigenvalue weighted by Gasteiger charge is -2.21. The number of nitrogens with zero attached hydrogens (tertiary/aromatic N) is 1. The van der Waals surface area contributed by atoms with Crippen LogP contribution >= 0.6 is 11.3 Å². The van der Waals surface area contributed by atoms with Crippen molar-refractivity contribution in [2.24, 2.45) is 5.92 Å². The molecule has 1 aromatic carbocycles. The summed E-state index contributed by atoms with van der Waals surface area (Å²) in [6.07, 6.45) is 1.09. The van der Waals surface area contributed by atoms with E-state index in [9.17, 15) is 9.59 Å². The average Bonchev–Trinajstić information content (AvgIpc) is 3.18. The zero-order valence-corrected chi connectivity index (χ0v) is 16.2. The molecule has 0 radical (unpaired) electrons. The van der Waals surface area contributed by atoms with E-state index in [4.69, 9.17) is 10.00 Å². The number of thiophene rings is 1. The number of hydrogen-bond donors (Lipinski definition) is 2. The topological polar surface area (TPSA) is 91.2 Å². The van der Waals surface area contributed by atoms with Crippen LogP contribution < -0.4 is 15.4 Å². The maximum Gasteiger partial charge on any atom is 0.262 e. The predicted molar refractivity (Wildman–Crippen MR) is 106 cm³/mol. The number of amides is 2. The minimum Gasteiger partial charge on any atom is -0.493 e. The zero-order valence-electron chi connectivity index (χ0n) is 15.4. The molecule has 27 heavy (non-hydrogen) atoms. The third-order valence-electron chi connectivity index (χ3n) is 3.78. The van der Waals surface area contributed by atoms with Crippen LogP contribution in [0.3, 0.4) is 0 Å². The fourth-order valence-electron chi connectivity index (χ4n) is 2.38. The second-order valence-corrected chi connectivity index (χ2v) is 7.25. The highest BCUT2D eigenvalue weighted by Crippen LogP contribution is 2.19. The van der Waals surface area contributed by atoms with E-state index in [0.29, 0.717) is 35.8 Å². The Balaban J connectivity index is 1.98. The first-order chi connectivity index (χ1) is 13.0. The molecule has 6 nitrogen and oxygen atoms in total. The second-order valence-electron chi connectivity index (χ2n) is 6.30. The van der Waals surface area contributed by atoms with E-state index in [2.05, 4.69) is 16.7 Å². The Morgan fingerprint density at radius 3 is 2.74 bits per heavy atom. The first kappa shape index (κ1) is 20.5. The van der Waals surface area contributed by atoms with Gasteiger partial charge in [0.05, 0.1) is 17.6 Å². The molecule has 0 saturated carbocycles. The van der Waals surface area contributed by atoms with Crippen molar-refractivity contribution >= 4 is 28.8 Å². The summed E-state index contributed by atoms with van der Waals surface area (Å²) in [5.41, 5.74) is 0.591. The van der Waals surface area contributed by atoms with Crippen LogP contribution in [0.4, 0.5) is 5.69 Å². The lowest BCUT2D eigenvalue weighted by atomic mass is 10.0. The fourth-order valence-corrected chi connectivity index (χ4v) is 3.01. The van der Waals surface area contributed by atoms with Gasteiger partial charge in [-0.2, -0.15) is 5.26 Å². The summed E-state index contributed by atoms with van der Waals surface area (Å²) in [5, 5.41) is 16.0. The van der Waals surface area contributed by atoms with E-state index in [1.54, 1.807) is 36.4 Å². The summed E-state index contributed by atoms with van der Waals surface area (Å²) in [7, 11) is 0. The van der Waals surface area contributed by atoms with Gasteiger partial charge in [-0.3, -0.25) is 9.59 Å². The molecular weight excluding hydrogens is 362 g/mol. The molecule has 1 heterocycles. The molecule has 0 saturated heterocycles. The third kappa shape index (κ3) is 6.42. The van der Waals surface area contributed by atoms with E-state index in [1.165, 1.54) is 11.3 Å². The molecule has 0 fully saturated rings. The first-order valence-electron chi connectivity index (χ1n) is 8.76. The first-order valence-corrected chi connectivity index (χ1v) is 9.64. The van der Waals surface area contributed by atoms with Crippen molar-refractivity contribution < 1.29 is 14.3 Å². The number of unbranched alkanes of at least 4 members (excludes halogenated alkanes) is 1. The molecule has 0 bridgehead atoms. The molecule has 0 aliphatic carbocycles. The van der Waals surface area contributed by atoms with Crippen LogP contribution in [0.25, 0.3) is 0 Å². The standard InChI is InChI=1S/C20H23N3O3S/c1-14(2)18(23-19(24)17-9-6-12-27-17)20(25)22-15-7-5-8-16(13-15)26-11-4-3-10-21/h5-9,12-14,18H,3-4,11H2,1-2H3,(H,22,25)(H,23,24). The van der Waals surface area contributed by atoms with Crippen molar-refractivity contribution in [2.75, 3.05) is 11.9 Å². The van der Waals surface area contributed by atoms with Crippen molar-refractivity contribution in [2.45, 2.75) is 32.7 Å². The highest BCUT2D eigenvalue weighted by atomic mass is 32.1. The number of anilines is 1. The van der Waals surface area contributed by atoms with Gasteiger partial charge in [0.15, 0.2) is 0 Å². The van der Waals surface area contributed by atoms with Gasteiger partial charge >= 0.3 is 0 Å². The van der Waals surface area contributed by atoms with Gasteiger partial charge < -0.3 is 15.4 Å². The Morgan fingerprint density at radius 2 is 2.07 bits per heavy atom. The summed E-state index contributed by atoms with van der Waals surface area (Å²) in [6, 6.07) is 12.0. The van der Waals surface area contributed by atoms with E-state index in [0.717, 1.165) is 0 Å². The SMILES string of the molecule is CC(C)C(NC(=O)c1cccs1)C(=O)Nc1cccc(OCCCC#N)c1. The Labute approximate surface area is 163 Å². The molecule has 1 aromatic heterocycles. The Bertz CT molecular complexity index is 797. The van der Waals surface area contributed by atoms with E-state index in [-0.39, 0.29) is 17.7 Å². The van der Waals surface area contributed by atoms with Crippen LogP contribution in [0.5, 0.6) is 5.75 Å². The number of ether oxygens (including phenoxy) is 1. The van der Waals surface area contributed by atoms with E-state index in [1.807, 2.05) is 19.2 Å². The number of hydrogen-bond acceptors (Lipinski definition) is 5. The van der Waals surface area contributed by atoms with Crippen molar-refractivity contribution in [3.63, 3.8) is 0 Å². The lowest BCUT2D eigenvalue weighted by molar-refractivity contribution is -0.118. The van der Waals surface area contributed by atoms with Gasteiger partial charge in [0.1, 0.15) is 11.8 Å². The lowest BCUT2D eigenvalue weighted by Crippen LogP contribution is -2.46. The molecule has 7 heteroatoms. The number of rotatable bonds is 9. The molecular formula is C20H23N3O3S. The Hall–Kier alpha value is -2.85. The van der Waals surface area contributed by atoms with Gasteiger partial charge in [-0.1, -0.05) is 26.0 Å². The highest BCUT2D eigenvalue weighted by molar-refractivity contribution is 7.12. The van der Waals surface area contributed by atoms with Crippen molar-refractivity contribution in [1.82, 2.24) is 5.32 Å². The summed E-state index contributed by atoms with van der Waals surface area (Å²) in [5.74, 6) is 0.0127. The van der Waals surface area contributed by atoms with Crippen LogP contribution in [-0.4, -0.2) is 24.5 Å². The number of benzene rings is 1. The second kappa shape index (κ2) is 10.3. The molecule has 2 amide bonds. The monoisotopic (exact) mass is 385 g/mol. The molecule has 1 atom stereocenters. The summed E-state index contributed by atoms with van der Waals surface area (Å²) in [6.45, 7) is 4.21. The number of nitrogens with one attached hydrogen (secondary N) is 2. The Morgan fingerprint density at radius 1 is 1.26 bits per heavy atom. The quantitative estimate of drug-likeness (QED) is 0.642.